The van der Waals surface area contributed by atoms with Crippen LogP contribution in [0.3, 0.4) is 0 Å². The van der Waals surface area contributed by atoms with E-state index in [1.54, 1.807) is 31.5 Å². The van der Waals surface area contributed by atoms with Crippen LogP contribution in [-0.2, 0) is 16.1 Å². The second-order valence-electron chi connectivity index (χ2n) is 4.46. The molecule has 1 heterocycles. The number of anilines is 1. The zero-order valence-corrected chi connectivity index (χ0v) is 11.4. The summed E-state index contributed by atoms with van der Waals surface area (Å²) in [5, 5.41) is 4.92. The summed E-state index contributed by atoms with van der Waals surface area (Å²) in [5.74, 6) is -1.96. The maximum atomic E-state index is 13.0. The first kappa shape index (κ1) is 14.6. The average Bonchev–Trinajstić information content (AvgIpc) is 2.48. The highest BCUT2D eigenvalue weighted by molar-refractivity contribution is 6.39. The van der Waals surface area contributed by atoms with E-state index >= 15 is 0 Å². The normalized spacial score (nSPS) is 10.0. The number of nitrogens with zero attached hydrogens (tertiary/aromatic N) is 1. The van der Waals surface area contributed by atoms with Gasteiger partial charge in [0.05, 0.1) is 0 Å². The predicted molar refractivity (Wildman–Crippen MR) is 75.9 cm³/mol. The van der Waals surface area contributed by atoms with E-state index in [1.165, 1.54) is 18.2 Å². The van der Waals surface area contributed by atoms with Gasteiger partial charge >= 0.3 is 11.8 Å². The van der Waals surface area contributed by atoms with Crippen LogP contribution in [0.15, 0.2) is 42.7 Å². The molecule has 0 spiro atoms. The Morgan fingerprint density at radius 2 is 2.05 bits per heavy atom. The van der Waals surface area contributed by atoms with Crippen molar-refractivity contribution in [3.8, 4) is 0 Å². The van der Waals surface area contributed by atoms with Gasteiger partial charge in [-0.1, -0.05) is 6.07 Å². The maximum Gasteiger partial charge on any atom is 0.313 e. The molecule has 108 valence electrons. The molecule has 2 N–H and O–H groups in total. The Labute approximate surface area is 121 Å². The Kier molecular flexibility index (Phi) is 4.61. The van der Waals surface area contributed by atoms with Crippen LogP contribution < -0.4 is 10.6 Å². The molecule has 1 aromatic heterocycles. The molecule has 0 saturated heterocycles. The minimum atomic E-state index is -0.798. The molecule has 0 aliphatic heterocycles. The van der Waals surface area contributed by atoms with Gasteiger partial charge in [-0.3, -0.25) is 14.6 Å². The lowest BCUT2D eigenvalue weighted by molar-refractivity contribution is -0.136. The van der Waals surface area contributed by atoms with Crippen molar-refractivity contribution in [2.75, 3.05) is 5.32 Å². The van der Waals surface area contributed by atoms with E-state index < -0.39 is 17.6 Å². The van der Waals surface area contributed by atoms with Gasteiger partial charge < -0.3 is 10.6 Å². The first-order chi connectivity index (χ1) is 10.1. The van der Waals surface area contributed by atoms with Gasteiger partial charge in [0.2, 0.25) is 0 Å². The molecule has 0 fully saturated rings. The van der Waals surface area contributed by atoms with Crippen LogP contribution in [0.4, 0.5) is 10.1 Å². The number of hydrogen-bond donors (Lipinski definition) is 2. The van der Waals surface area contributed by atoms with Gasteiger partial charge in [-0.2, -0.15) is 0 Å². The molecule has 2 aromatic rings. The number of aromatic nitrogens is 1. The zero-order valence-electron chi connectivity index (χ0n) is 11.4. The van der Waals surface area contributed by atoms with Crippen molar-refractivity contribution >= 4 is 17.5 Å². The van der Waals surface area contributed by atoms with Gasteiger partial charge in [0.25, 0.3) is 0 Å². The summed E-state index contributed by atoms with van der Waals surface area (Å²) in [7, 11) is 0. The largest absolute Gasteiger partial charge is 0.344 e. The van der Waals surface area contributed by atoms with Gasteiger partial charge in [0, 0.05) is 24.6 Å². The second-order valence-corrected chi connectivity index (χ2v) is 4.46. The molecule has 21 heavy (non-hydrogen) atoms. The van der Waals surface area contributed by atoms with Crippen LogP contribution in [0, 0.1) is 12.7 Å². The molecule has 0 bridgehead atoms. The molecule has 6 heteroatoms. The highest BCUT2D eigenvalue weighted by Gasteiger charge is 2.14. The predicted octanol–water partition coefficient (Wildman–Crippen LogP) is 1.78. The molecule has 1 aromatic carbocycles. The number of pyridine rings is 1. The standard InChI is InChI=1S/C15H14FN3O2/c1-10-7-12(16)4-5-13(10)19-15(21)14(20)18-9-11-3-2-6-17-8-11/h2-8H,9H2,1H3,(H,18,20)(H,19,21). The number of amides is 2. The fourth-order valence-corrected chi connectivity index (χ4v) is 1.71. The fraction of sp³-hybridized carbons (Fsp3) is 0.133. The number of carbonyl (C=O) groups excluding carboxylic acids is 2. The number of aryl methyl sites for hydroxylation is 1. The zero-order chi connectivity index (χ0) is 15.2. The molecule has 2 amide bonds. The molecule has 5 nitrogen and oxygen atoms in total. The van der Waals surface area contributed by atoms with Crippen molar-refractivity contribution in [2.45, 2.75) is 13.5 Å². The van der Waals surface area contributed by atoms with Crippen molar-refractivity contribution in [2.24, 2.45) is 0 Å². The third kappa shape index (κ3) is 4.10. The highest BCUT2D eigenvalue weighted by Crippen LogP contribution is 2.15. The smallest absolute Gasteiger partial charge is 0.313 e. The summed E-state index contributed by atoms with van der Waals surface area (Å²) in [5.41, 5.74) is 1.73. The van der Waals surface area contributed by atoms with E-state index in [0.717, 1.165) is 5.56 Å². The third-order valence-corrected chi connectivity index (χ3v) is 2.82. The van der Waals surface area contributed by atoms with E-state index in [-0.39, 0.29) is 6.54 Å². The minimum Gasteiger partial charge on any atom is -0.344 e. The van der Waals surface area contributed by atoms with Crippen molar-refractivity contribution in [1.29, 1.82) is 0 Å². The number of halogens is 1. The summed E-state index contributed by atoms with van der Waals surface area (Å²) < 4.78 is 13.0. The van der Waals surface area contributed by atoms with Crippen molar-refractivity contribution < 1.29 is 14.0 Å². The van der Waals surface area contributed by atoms with E-state index in [0.29, 0.717) is 11.3 Å². The molecule has 2 rings (SSSR count). The molecular formula is C15H14FN3O2. The Hall–Kier alpha value is -2.76. The van der Waals surface area contributed by atoms with Crippen LogP contribution in [0.5, 0.6) is 0 Å². The summed E-state index contributed by atoms with van der Waals surface area (Å²) in [6.45, 7) is 1.86. The lowest BCUT2D eigenvalue weighted by Gasteiger charge is -2.08. The van der Waals surface area contributed by atoms with Crippen LogP contribution in [0.1, 0.15) is 11.1 Å². The average molecular weight is 287 g/mol. The monoisotopic (exact) mass is 287 g/mol. The summed E-state index contributed by atoms with van der Waals surface area (Å²) in [6, 6.07) is 7.44. The lowest BCUT2D eigenvalue weighted by Crippen LogP contribution is -2.35. The molecule has 0 unspecified atom stereocenters. The van der Waals surface area contributed by atoms with Gasteiger partial charge in [-0.25, -0.2) is 4.39 Å². The van der Waals surface area contributed by atoms with Crippen LogP contribution in [0.25, 0.3) is 0 Å². The highest BCUT2D eigenvalue weighted by atomic mass is 19.1. The van der Waals surface area contributed by atoms with Gasteiger partial charge in [-0.05, 0) is 42.3 Å². The molecule has 0 aliphatic carbocycles. The van der Waals surface area contributed by atoms with E-state index in [2.05, 4.69) is 15.6 Å². The first-order valence-electron chi connectivity index (χ1n) is 6.30. The minimum absolute atomic E-state index is 0.211. The van der Waals surface area contributed by atoms with Crippen molar-refractivity contribution in [3.05, 3.63) is 59.7 Å². The Morgan fingerprint density at radius 3 is 2.71 bits per heavy atom. The van der Waals surface area contributed by atoms with E-state index in [9.17, 15) is 14.0 Å². The summed E-state index contributed by atoms with van der Waals surface area (Å²) >= 11 is 0. The first-order valence-corrected chi connectivity index (χ1v) is 6.30. The molecule has 0 atom stereocenters. The molecule has 0 aliphatic rings. The topological polar surface area (TPSA) is 71.1 Å². The number of rotatable bonds is 3. The maximum absolute atomic E-state index is 13.0. The summed E-state index contributed by atoms with van der Waals surface area (Å²) in [4.78, 5) is 27.3. The van der Waals surface area contributed by atoms with Gasteiger partial charge in [0.1, 0.15) is 5.82 Å². The van der Waals surface area contributed by atoms with Crippen molar-refractivity contribution in [1.82, 2.24) is 10.3 Å². The Bertz CT molecular complexity index is 659. The fourth-order valence-electron chi connectivity index (χ4n) is 1.71. The lowest BCUT2D eigenvalue weighted by atomic mass is 10.2. The van der Waals surface area contributed by atoms with Crippen molar-refractivity contribution in [3.63, 3.8) is 0 Å². The number of hydrogen-bond acceptors (Lipinski definition) is 3. The van der Waals surface area contributed by atoms with Crippen LogP contribution in [-0.4, -0.2) is 16.8 Å². The van der Waals surface area contributed by atoms with Crippen LogP contribution >= 0.6 is 0 Å². The van der Waals surface area contributed by atoms with Gasteiger partial charge in [0.15, 0.2) is 0 Å². The van der Waals surface area contributed by atoms with Crippen LogP contribution in [0.2, 0.25) is 0 Å². The van der Waals surface area contributed by atoms with E-state index in [1.807, 2.05) is 0 Å². The van der Waals surface area contributed by atoms with E-state index in [4.69, 9.17) is 0 Å². The Morgan fingerprint density at radius 1 is 1.24 bits per heavy atom. The number of carbonyl (C=O) groups is 2. The van der Waals surface area contributed by atoms with Gasteiger partial charge in [-0.15, -0.1) is 0 Å². The number of nitrogens with one attached hydrogen (secondary N) is 2. The Balaban J connectivity index is 1.92. The molecule has 0 radical (unpaired) electrons. The SMILES string of the molecule is Cc1cc(F)ccc1NC(=O)C(=O)NCc1cccnc1. The number of benzene rings is 1. The molecular weight excluding hydrogens is 273 g/mol. The second kappa shape index (κ2) is 6.60. The quantitative estimate of drug-likeness (QED) is 0.845. The summed E-state index contributed by atoms with van der Waals surface area (Å²) in [6.07, 6.45) is 3.22. The molecule has 0 saturated carbocycles. The third-order valence-electron chi connectivity index (χ3n) is 2.82.